The van der Waals surface area contributed by atoms with Crippen molar-refractivity contribution < 1.29 is 0 Å². The van der Waals surface area contributed by atoms with Crippen LogP contribution < -0.4 is 5.73 Å². The van der Waals surface area contributed by atoms with E-state index in [0.29, 0.717) is 16.5 Å². The minimum absolute atomic E-state index is 0.293. The van der Waals surface area contributed by atoms with E-state index in [2.05, 4.69) is 41.3 Å². The Bertz CT molecular complexity index is 401. The predicted octanol–water partition coefficient (Wildman–Crippen LogP) is 1.94. The van der Waals surface area contributed by atoms with E-state index in [1.807, 2.05) is 0 Å². The van der Waals surface area contributed by atoms with Gasteiger partial charge in [0.05, 0.1) is 5.69 Å². The highest BCUT2D eigenvalue weighted by Crippen LogP contribution is 2.11. The molecule has 1 heterocycles. The standard InChI is InChI=1S/C9H12ClN3Si/c1-14(2,3)5-4-8-7(11)6-9(10)13-12-8/h6H,1-3H3,(H2,11,13). The lowest BCUT2D eigenvalue weighted by atomic mass is 10.3. The van der Waals surface area contributed by atoms with E-state index in [9.17, 15) is 0 Å². The van der Waals surface area contributed by atoms with Gasteiger partial charge in [-0.15, -0.1) is 15.7 Å². The third-order valence-electron chi connectivity index (χ3n) is 1.35. The fraction of sp³-hybridized carbons (Fsp3) is 0.333. The molecule has 1 rings (SSSR count). The first-order valence-electron chi connectivity index (χ1n) is 4.20. The second kappa shape index (κ2) is 3.99. The smallest absolute Gasteiger partial charge is 0.158 e. The molecule has 0 aromatic carbocycles. The van der Waals surface area contributed by atoms with Crippen molar-refractivity contribution in [3.05, 3.63) is 16.9 Å². The fourth-order valence-corrected chi connectivity index (χ4v) is 1.37. The lowest BCUT2D eigenvalue weighted by Gasteiger charge is -2.03. The van der Waals surface area contributed by atoms with Crippen LogP contribution in [0.15, 0.2) is 6.07 Å². The first-order chi connectivity index (χ1) is 6.38. The fourth-order valence-electron chi connectivity index (χ4n) is 0.725. The molecule has 3 nitrogen and oxygen atoms in total. The van der Waals surface area contributed by atoms with Crippen LogP contribution in [0.3, 0.4) is 0 Å². The van der Waals surface area contributed by atoms with Crippen molar-refractivity contribution in [3.8, 4) is 11.5 Å². The second-order valence-corrected chi connectivity index (χ2v) is 9.11. The van der Waals surface area contributed by atoms with Gasteiger partial charge in [-0.25, -0.2) is 0 Å². The highest BCUT2D eigenvalue weighted by atomic mass is 35.5. The van der Waals surface area contributed by atoms with Gasteiger partial charge in [0.25, 0.3) is 0 Å². The highest BCUT2D eigenvalue weighted by Gasteiger charge is 2.08. The Kier molecular flexibility index (Phi) is 3.14. The molecule has 0 amide bonds. The number of nitrogens with zero attached hydrogens (tertiary/aromatic N) is 2. The van der Waals surface area contributed by atoms with Crippen LogP contribution in [0.1, 0.15) is 5.69 Å². The molecule has 5 heteroatoms. The maximum atomic E-state index is 5.68. The molecule has 1 aromatic heterocycles. The molecule has 0 atom stereocenters. The van der Waals surface area contributed by atoms with E-state index < -0.39 is 8.07 Å². The molecule has 0 spiro atoms. The van der Waals surface area contributed by atoms with Crippen molar-refractivity contribution in [1.82, 2.24) is 10.2 Å². The van der Waals surface area contributed by atoms with Gasteiger partial charge < -0.3 is 5.73 Å². The van der Waals surface area contributed by atoms with E-state index >= 15 is 0 Å². The average molecular weight is 226 g/mol. The van der Waals surface area contributed by atoms with Crippen molar-refractivity contribution >= 4 is 25.4 Å². The number of hydrogen-bond donors (Lipinski definition) is 1. The van der Waals surface area contributed by atoms with Gasteiger partial charge in [-0.2, -0.15) is 0 Å². The lowest BCUT2D eigenvalue weighted by molar-refractivity contribution is 1.02. The number of hydrogen-bond acceptors (Lipinski definition) is 3. The monoisotopic (exact) mass is 225 g/mol. The summed E-state index contributed by atoms with van der Waals surface area (Å²) in [7, 11) is -1.39. The van der Waals surface area contributed by atoms with Crippen LogP contribution in [0.5, 0.6) is 0 Å². The van der Waals surface area contributed by atoms with Gasteiger partial charge in [0.15, 0.2) is 10.8 Å². The number of rotatable bonds is 0. The van der Waals surface area contributed by atoms with E-state index in [1.54, 1.807) is 6.07 Å². The largest absolute Gasteiger partial charge is 0.396 e. The van der Waals surface area contributed by atoms with Crippen LogP contribution in [0.4, 0.5) is 5.69 Å². The summed E-state index contributed by atoms with van der Waals surface area (Å²) in [4.78, 5) is 0. The number of halogens is 1. The minimum Gasteiger partial charge on any atom is -0.396 e. The first kappa shape index (κ1) is 11.0. The number of nitrogen functional groups attached to an aromatic ring is 1. The normalized spacial score (nSPS) is 10.6. The number of nitrogens with two attached hydrogens (primary N) is 1. The van der Waals surface area contributed by atoms with Crippen LogP contribution in [-0.4, -0.2) is 18.3 Å². The Morgan fingerprint density at radius 3 is 2.50 bits per heavy atom. The van der Waals surface area contributed by atoms with E-state index in [0.717, 1.165) is 0 Å². The van der Waals surface area contributed by atoms with Gasteiger partial charge in [-0.1, -0.05) is 31.2 Å². The summed E-state index contributed by atoms with van der Waals surface area (Å²) < 4.78 is 0. The van der Waals surface area contributed by atoms with Crippen LogP contribution in [0.2, 0.25) is 24.8 Å². The molecule has 74 valence electrons. The zero-order valence-corrected chi connectivity index (χ0v) is 10.2. The molecular formula is C9H12ClN3Si. The van der Waals surface area contributed by atoms with Crippen LogP contribution in [0, 0.1) is 11.5 Å². The molecule has 2 N–H and O–H groups in total. The van der Waals surface area contributed by atoms with E-state index in [4.69, 9.17) is 17.3 Å². The lowest BCUT2D eigenvalue weighted by Crippen LogP contribution is -2.16. The van der Waals surface area contributed by atoms with Gasteiger partial charge >= 0.3 is 0 Å². The summed E-state index contributed by atoms with van der Waals surface area (Å²) in [5.41, 5.74) is 9.83. The van der Waals surface area contributed by atoms with Gasteiger partial charge in [0.1, 0.15) is 8.07 Å². The summed E-state index contributed by atoms with van der Waals surface area (Å²) in [5, 5.41) is 7.80. The molecular weight excluding hydrogens is 214 g/mol. The van der Waals surface area contributed by atoms with Crippen LogP contribution >= 0.6 is 11.6 Å². The molecule has 0 aliphatic heterocycles. The van der Waals surface area contributed by atoms with Crippen molar-refractivity contribution in [2.24, 2.45) is 0 Å². The molecule has 0 radical (unpaired) electrons. The summed E-state index contributed by atoms with van der Waals surface area (Å²) in [6, 6.07) is 1.56. The first-order valence-corrected chi connectivity index (χ1v) is 8.08. The van der Waals surface area contributed by atoms with Crippen LogP contribution in [-0.2, 0) is 0 Å². The summed E-state index contributed by atoms with van der Waals surface area (Å²) in [6.45, 7) is 6.46. The Balaban J connectivity index is 3.02. The van der Waals surface area contributed by atoms with Crippen molar-refractivity contribution in [1.29, 1.82) is 0 Å². The summed E-state index contributed by atoms with van der Waals surface area (Å²) >= 11 is 5.61. The number of aromatic nitrogens is 2. The van der Waals surface area contributed by atoms with Gasteiger partial charge in [0.2, 0.25) is 0 Å². The quantitative estimate of drug-likeness (QED) is 0.542. The molecule has 14 heavy (non-hydrogen) atoms. The third kappa shape index (κ3) is 3.36. The van der Waals surface area contributed by atoms with Gasteiger partial charge in [-0.3, -0.25) is 0 Å². The zero-order valence-electron chi connectivity index (χ0n) is 8.43. The van der Waals surface area contributed by atoms with E-state index in [-0.39, 0.29) is 0 Å². The Labute approximate surface area is 89.7 Å². The van der Waals surface area contributed by atoms with Gasteiger partial charge in [0, 0.05) is 6.07 Å². The molecule has 0 aliphatic carbocycles. The molecule has 0 aliphatic rings. The minimum atomic E-state index is -1.39. The van der Waals surface area contributed by atoms with Crippen molar-refractivity contribution in [2.45, 2.75) is 19.6 Å². The predicted molar refractivity (Wildman–Crippen MR) is 61.7 cm³/mol. The Hall–Kier alpha value is -1.05. The number of anilines is 1. The topological polar surface area (TPSA) is 51.8 Å². The maximum absolute atomic E-state index is 5.68. The molecule has 0 unspecified atom stereocenters. The van der Waals surface area contributed by atoms with Gasteiger partial charge in [-0.05, 0) is 5.92 Å². The average Bonchev–Trinajstić information content (AvgIpc) is 2.00. The highest BCUT2D eigenvalue weighted by molar-refractivity contribution is 6.83. The second-order valence-electron chi connectivity index (χ2n) is 3.97. The Morgan fingerprint density at radius 2 is 2.00 bits per heavy atom. The molecule has 0 fully saturated rings. The van der Waals surface area contributed by atoms with Crippen molar-refractivity contribution in [3.63, 3.8) is 0 Å². The maximum Gasteiger partial charge on any atom is 0.158 e. The molecule has 0 saturated heterocycles. The SMILES string of the molecule is C[Si](C)(C)C#Cc1nnc(Cl)cc1N. The Morgan fingerprint density at radius 1 is 1.36 bits per heavy atom. The van der Waals surface area contributed by atoms with Crippen LogP contribution in [0.25, 0.3) is 0 Å². The third-order valence-corrected chi connectivity index (χ3v) is 2.41. The zero-order chi connectivity index (χ0) is 10.8. The van der Waals surface area contributed by atoms with Crippen molar-refractivity contribution in [2.75, 3.05) is 5.73 Å². The summed E-state index contributed by atoms with van der Waals surface area (Å²) in [5.74, 6) is 2.93. The molecule has 0 saturated carbocycles. The van der Waals surface area contributed by atoms with E-state index in [1.165, 1.54) is 0 Å². The molecule has 1 aromatic rings. The molecule has 0 bridgehead atoms. The summed E-state index contributed by atoms with van der Waals surface area (Å²) in [6.07, 6.45) is 0.